The van der Waals surface area contributed by atoms with Crippen LogP contribution in [0.5, 0.6) is 0 Å². The molecule has 40 heavy (non-hydrogen) atoms. The summed E-state index contributed by atoms with van der Waals surface area (Å²) in [5, 5.41) is 10.2. The maximum atomic E-state index is 13.1. The molecule has 1 fully saturated rings. The predicted molar refractivity (Wildman–Crippen MR) is 147 cm³/mol. The van der Waals surface area contributed by atoms with Gasteiger partial charge in [-0.05, 0) is 30.4 Å². The molecule has 220 valence electrons. The van der Waals surface area contributed by atoms with Gasteiger partial charge in [-0.1, -0.05) is 52.8 Å². The minimum Gasteiger partial charge on any atom is -0.378 e. The van der Waals surface area contributed by atoms with Crippen LogP contribution in [0.1, 0.15) is 51.9 Å². The first kappa shape index (κ1) is 32.4. The highest BCUT2D eigenvalue weighted by Gasteiger charge is 2.36. The summed E-state index contributed by atoms with van der Waals surface area (Å²) in [5.41, 5.74) is -0.295. The minimum atomic E-state index is -1.18. The van der Waals surface area contributed by atoms with Crippen LogP contribution in [-0.2, 0) is 28.7 Å². The molecule has 0 aromatic heterocycles. The van der Waals surface area contributed by atoms with E-state index in [4.69, 9.17) is 4.74 Å². The Bertz CT molecular complexity index is 1080. The largest absolute Gasteiger partial charge is 0.378 e. The normalized spacial score (nSPS) is 15.8. The molecule has 1 heterocycles. The van der Waals surface area contributed by atoms with E-state index in [1.807, 2.05) is 0 Å². The number of hydrogen-bond donors (Lipinski definition) is 4. The molecule has 3 atom stereocenters. The van der Waals surface area contributed by atoms with Crippen molar-refractivity contribution < 1.29 is 33.5 Å². The van der Waals surface area contributed by atoms with Crippen molar-refractivity contribution >= 4 is 35.3 Å². The Balaban J connectivity index is 1.98. The average Bonchev–Trinajstić information content (AvgIpc) is 2.92. The lowest BCUT2D eigenvalue weighted by Gasteiger charge is -2.31. The first-order chi connectivity index (χ1) is 18.7. The molecule has 0 saturated carbocycles. The van der Waals surface area contributed by atoms with Gasteiger partial charge in [0, 0.05) is 18.7 Å². The van der Waals surface area contributed by atoms with Gasteiger partial charge in [-0.3, -0.25) is 28.8 Å². The smallest absolute Gasteiger partial charge is 0.290 e. The molecular weight excluding hydrogens is 518 g/mol. The number of ketones is 1. The van der Waals surface area contributed by atoms with Gasteiger partial charge >= 0.3 is 0 Å². The molecule has 0 unspecified atom stereocenters. The van der Waals surface area contributed by atoms with Crippen LogP contribution in [0.2, 0.25) is 0 Å². The number of carbonyl (C=O) groups excluding carboxylic acids is 6. The summed E-state index contributed by atoms with van der Waals surface area (Å²) >= 11 is 0. The summed E-state index contributed by atoms with van der Waals surface area (Å²) in [6.07, 6.45) is 0. The molecule has 4 N–H and O–H groups in total. The van der Waals surface area contributed by atoms with Crippen molar-refractivity contribution in [2.24, 2.45) is 11.3 Å². The van der Waals surface area contributed by atoms with Crippen LogP contribution < -0.4 is 21.3 Å². The van der Waals surface area contributed by atoms with Crippen molar-refractivity contribution in [1.29, 1.82) is 0 Å². The van der Waals surface area contributed by atoms with Gasteiger partial charge in [-0.25, -0.2) is 0 Å². The fourth-order valence-corrected chi connectivity index (χ4v) is 3.96. The average molecular weight is 560 g/mol. The van der Waals surface area contributed by atoms with Crippen LogP contribution in [0.3, 0.4) is 0 Å². The standard InChI is InChI=1S/C28H41N5O7/c1-17(2)21(22(35)26(38)29-16-20(34)33-12-14-40-15-13-33)31-24(36)18(3)30-27(39)23(28(4,5)6)32-25(37)19-10-8-7-9-11-19/h7-11,17-18,21,23H,12-16H2,1-6H3,(H,29,38)(H,30,39)(H,31,36)(H,32,37)/t18-,21-,23+/m0/s1. The number of hydrogen-bond acceptors (Lipinski definition) is 7. The van der Waals surface area contributed by atoms with Gasteiger partial charge in [-0.15, -0.1) is 0 Å². The zero-order valence-corrected chi connectivity index (χ0v) is 24.0. The lowest BCUT2D eigenvalue weighted by atomic mass is 9.85. The number of morpholine rings is 1. The lowest BCUT2D eigenvalue weighted by molar-refractivity contribution is -0.142. The number of nitrogens with one attached hydrogen (secondary N) is 4. The van der Waals surface area contributed by atoms with Crippen LogP contribution in [-0.4, -0.2) is 91.2 Å². The zero-order chi connectivity index (χ0) is 30.0. The third-order valence-electron chi connectivity index (χ3n) is 6.43. The Kier molecular flexibility index (Phi) is 11.8. The van der Waals surface area contributed by atoms with Crippen LogP contribution >= 0.6 is 0 Å². The molecule has 0 bridgehead atoms. The maximum Gasteiger partial charge on any atom is 0.290 e. The molecule has 0 spiro atoms. The van der Waals surface area contributed by atoms with Crippen molar-refractivity contribution in [3.8, 4) is 0 Å². The summed E-state index contributed by atoms with van der Waals surface area (Å²) in [5.74, 6) is -4.37. The molecular formula is C28H41N5O7. The quantitative estimate of drug-likeness (QED) is 0.278. The van der Waals surface area contributed by atoms with Gasteiger partial charge < -0.3 is 30.9 Å². The summed E-state index contributed by atoms with van der Waals surface area (Å²) in [7, 11) is 0. The van der Waals surface area contributed by atoms with Crippen LogP contribution in [0.15, 0.2) is 30.3 Å². The number of carbonyl (C=O) groups is 6. The van der Waals surface area contributed by atoms with E-state index in [0.717, 1.165) is 0 Å². The van der Waals surface area contributed by atoms with Gasteiger partial charge in [0.2, 0.25) is 23.5 Å². The van der Waals surface area contributed by atoms with Crippen molar-refractivity contribution in [3.05, 3.63) is 35.9 Å². The van der Waals surface area contributed by atoms with Gasteiger partial charge in [0.1, 0.15) is 12.1 Å². The molecule has 1 aliphatic heterocycles. The number of benzene rings is 1. The fourth-order valence-electron chi connectivity index (χ4n) is 3.96. The predicted octanol–water partition coefficient (Wildman–Crippen LogP) is 0.0207. The van der Waals surface area contributed by atoms with E-state index < -0.39 is 58.9 Å². The van der Waals surface area contributed by atoms with Crippen molar-refractivity contribution in [1.82, 2.24) is 26.2 Å². The second-order valence-corrected chi connectivity index (χ2v) is 11.1. The minimum absolute atomic E-state index is 0.335. The van der Waals surface area contributed by atoms with E-state index in [-0.39, 0.29) is 12.5 Å². The van der Waals surface area contributed by atoms with Crippen LogP contribution in [0, 0.1) is 11.3 Å². The summed E-state index contributed by atoms with van der Waals surface area (Å²) in [4.78, 5) is 77.9. The Morgan fingerprint density at radius 3 is 2.02 bits per heavy atom. The molecule has 0 aliphatic carbocycles. The lowest BCUT2D eigenvalue weighted by Crippen LogP contribution is -2.59. The van der Waals surface area contributed by atoms with E-state index in [0.29, 0.717) is 31.9 Å². The highest BCUT2D eigenvalue weighted by Crippen LogP contribution is 2.20. The van der Waals surface area contributed by atoms with E-state index >= 15 is 0 Å². The Labute approximate surface area is 234 Å². The van der Waals surface area contributed by atoms with E-state index in [9.17, 15) is 28.8 Å². The highest BCUT2D eigenvalue weighted by atomic mass is 16.5. The summed E-state index contributed by atoms with van der Waals surface area (Å²) < 4.78 is 5.20. The Morgan fingerprint density at radius 1 is 0.875 bits per heavy atom. The Hall–Kier alpha value is -3.80. The Morgan fingerprint density at radius 2 is 1.48 bits per heavy atom. The van der Waals surface area contributed by atoms with Gasteiger partial charge in [0.25, 0.3) is 11.8 Å². The van der Waals surface area contributed by atoms with Crippen LogP contribution in [0.4, 0.5) is 0 Å². The molecule has 12 heteroatoms. The number of nitrogens with zero attached hydrogens (tertiary/aromatic N) is 1. The van der Waals surface area contributed by atoms with Crippen molar-refractivity contribution in [2.75, 3.05) is 32.8 Å². The van der Waals surface area contributed by atoms with E-state index in [1.54, 1.807) is 65.0 Å². The van der Waals surface area contributed by atoms with Crippen LogP contribution in [0.25, 0.3) is 0 Å². The molecule has 1 aromatic carbocycles. The molecule has 12 nitrogen and oxygen atoms in total. The number of rotatable bonds is 11. The third kappa shape index (κ3) is 9.44. The number of amides is 5. The third-order valence-corrected chi connectivity index (χ3v) is 6.43. The van der Waals surface area contributed by atoms with Crippen molar-refractivity contribution in [3.63, 3.8) is 0 Å². The summed E-state index contributed by atoms with van der Waals surface area (Å²) in [6, 6.07) is 5.22. The second kappa shape index (κ2) is 14.5. The van der Waals surface area contributed by atoms with E-state index in [2.05, 4.69) is 21.3 Å². The monoisotopic (exact) mass is 559 g/mol. The number of Topliss-reactive ketones (excluding diaryl/α,β-unsaturated/α-hetero) is 1. The number of ether oxygens (including phenoxy) is 1. The zero-order valence-electron chi connectivity index (χ0n) is 24.0. The molecule has 1 aromatic rings. The topological polar surface area (TPSA) is 163 Å². The molecule has 2 rings (SSSR count). The molecule has 0 radical (unpaired) electrons. The first-order valence-corrected chi connectivity index (χ1v) is 13.4. The maximum absolute atomic E-state index is 13.1. The first-order valence-electron chi connectivity index (χ1n) is 13.4. The highest BCUT2D eigenvalue weighted by molar-refractivity contribution is 6.38. The molecule has 1 aliphatic rings. The summed E-state index contributed by atoms with van der Waals surface area (Å²) in [6.45, 7) is 11.4. The molecule has 1 saturated heterocycles. The van der Waals surface area contributed by atoms with Crippen molar-refractivity contribution in [2.45, 2.75) is 59.7 Å². The van der Waals surface area contributed by atoms with Gasteiger partial charge in [0.15, 0.2) is 0 Å². The van der Waals surface area contributed by atoms with Gasteiger partial charge in [-0.2, -0.15) is 0 Å². The van der Waals surface area contributed by atoms with Gasteiger partial charge in [0.05, 0.1) is 25.8 Å². The fraction of sp³-hybridized carbons (Fsp3) is 0.571. The van der Waals surface area contributed by atoms with E-state index in [1.165, 1.54) is 11.8 Å². The second-order valence-electron chi connectivity index (χ2n) is 11.1. The molecule has 5 amide bonds. The SMILES string of the molecule is CC(C)[C@H](NC(=O)[C@H](C)NC(=O)[C@@H](NC(=O)c1ccccc1)C(C)(C)C)C(=O)C(=O)NCC(=O)N1CCOCC1.